The van der Waals surface area contributed by atoms with Crippen LogP contribution in [0.5, 0.6) is 0 Å². The fourth-order valence-corrected chi connectivity index (χ4v) is 9.03. The number of hydrogen-bond acceptors (Lipinski definition) is 6. The van der Waals surface area contributed by atoms with Gasteiger partial charge in [0, 0.05) is 16.7 Å². The van der Waals surface area contributed by atoms with Crippen LogP contribution in [0.4, 0.5) is 11.4 Å². The molecule has 7 heteroatoms. The first-order valence-corrected chi connectivity index (χ1v) is 13.4. The average molecular weight is 435 g/mol. The molecule has 0 saturated carbocycles. The molecule has 0 bridgehead atoms. The molecule has 27 heavy (non-hydrogen) atoms. The van der Waals surface area contributed by atoms with Gasteiger partial charge < -0.3 is 5.21 Å². The molecule has 142 valence electrons. The van der Waals surface area contributed by atoms with Crippen LogP contribution in [0, 0.1) is 5.21 Å². The molecule has 2 aliphatic rings. The molecule has 2 saturated heterocycles. The van der Waals surface area contributed by atoms with Crippen LogP contribution >= 0.6 is 47.0 Å². The fourth-order valence-electron chi connectivity index (χ4n) is 3.13. The fraction of sp³-hybridized carbons (Fsp3) is 0.400. The average Bonchev–Trinajstić information content (AvgIpc) is 2.75. The van der Waals surface area contributed by atoms with Gasteiger partial charge in [0.1, 0.15) is 5.69 Å². The molecule has 2 fully saturated rings. The molecule has 0 radical (unpaired) electrons. The summed E-state index contributed by atoms with van der Waals surface area (Å²) in [4.78, 5) is 0.835. The Balaban J connectivity index is 1.66. The number of thioether (sulfide) groups is 4. The van der Waals surface area contributed by atoms with Gasteiger partial charge in [0.2, 0.25) is 5.69 Å². The summed E-state index contributed by atoms with van der Waals surface area (Å²) in [5.41, 5.74) is 3.71. The van der Waals surface area contributed by atoms with Crippen LogP contribution in [0.2, 0.25) is 0 Å². The second-order valence-electron chi connectivity index (χ2n) is 6.34. The van der Waals surface area contributed by atoms with E-state index in [9.17, 15) is 5.21 Å². The summed E-state index contributed by atoms with van der Waals surface area (Å²) in [5, 5.41) is 17.5. The summed E-state index contributed by atoms with van der Waals surface area (Å²) in [7, 11) is 0. The molecule has 0 aromatic heterocycles. The van der Waals surface area contributed by atoms with E-state index >= 15 is 0 Å². The lowest BCUT2D eigenvalue weighted by Crippen LogP contribution is -2.04. The molecular weight excluding hydrogens is 413 g/mol. The van der Waals surface area contributed by atoms with Crippen molar-refractivity contribution in [2.45, 2.75) is 22.0 Å². The Morgan fingerprint density at radius 3 is 1.93 bits per heavy atom. The van der Waals surface area contributed by atoms with E-state index in [1.807, 2.05) is 83.4 Å². The summed E-state index contributed by atoms with van der Waals surface area (Å²) in [6.45, 7) is 0. The summed E-state index contributed by atoms with van der Waals surface area (Å²) in [6, 6.07) is 16.0. The largest absolute Gasteiger partial charge is 0.594 e. The lowest BCUT2D eigenvalue weighted by atomic mass is 10.2. The number of azo groups is 1. The van der Waals surface area contributed by atoms with Crippen LogP contribution in [0.25, 0.3) is 0 Å². The highest BCUT2D eigenvalue weighted by atomic mass is 32.2. The van der Waals surface area contributed by atoms with Gasteiger partial charge in [-0.25, -0.2) is 0 Å². The topological polar surface area (TPSA) is 38.4 Å². The van der Waals surface area contributed by atoms with Crippen LogP contribution in [0.15, 0.2) is 53.6 Å². The maximum atomic E-state index is 13.0. The summed E-state index contributed by atoms with van der Waals surface area (Å²) in [6.07, 6.45) is 2.49. The second-order valence-corrected chi connectivity index (χ2v) is 11.8. The van der Waals surface area contributed by atoms with Gasteiger partial charge in [0.05, 0.1) is 14.7 Å². The zero-order valence-corrected chi connectivity index (χ0v) is 18.2. The number of hydrogen-bond donors (Lipinski definition) is 0. The first kappa shape index (κ1) is 19.6. The van der Waals surface area contributed by atoms with Gasteiger partial charge in [-0.05, 0) is 46.8 Å². The standard InChI is InChI=1S/C20H22N2OS4/c23-22(18-10-4-2-8-16(18)20-26-13-6-14-27-20)21-17-9-3-1-7-15(17)19-24-11-5-12-25-19/h1-4,7-10,19-20H,5-6,11-14H2. The Morgan fingerprint density at radius 1 is 0.741 bits per heavy atom. The molecule has 2 aromatic rings. The molecule has 2 aliphatic heterocycles. The van der Waals surface area contributed by atoms with Crippen molar-refractivity contribution in [3.63, 3.8) is 0 Å². The van der Waals surface area contributed by atoms with E-state index in [-0.39, 0.29) is 0 Å². The Labute approximate surface area is 177 Å². The van der Waals surface area contributed by atoms with Crippen LogP contribution in [0.1, 0.15) is 33.1 Å². The third kappa shape index (κ3) is 4.81. The Hall–Kier alpha value is -0.760. The van der Waals surface area contributed by atoms with E-state index in [0.717, 1.165) is 33.2 Å². The third-order valence-electron chi connectivity index (χ3n) is 4.44. The minimum atomic E-state index is 0.321. The molecule has 4 rings (SSSR count). The van der Waals surface area contributed by atoms with Crippen LogP contribution in [-0.4, -0.2) is 27.9 Å². The van der Waals surface area contributed by atoms with Crippen LogP contribution in [0.3, 0.4) is 0 Å². The van der Waals surface area contributed by atoms with Gasteiger partial charge >= 0.3 is 0 Å². The Morgan fingerprint density at radius 2 is 1.26 bits per heavy atom. The molecule has 0 spiro atoms. The zero-order valence-electron chi connectivity index (χ0n) is 15.0. The van der Waals surface area contributed by atoms with Gasteiger partial charge in [-0.15, -0.1) is 47.0 Å². The maximum Gasteiger partial charge on any atom is 0.250 e. The van der Waals surface area contributed by atoms with Crippen molar-refractivity contribution in [3.8, 4) is 0 Å². The minimum absolute atomic E-state index is 0.321. The van der Waals surface area contributed by atoms with E-state index in [1.165, 1.54) is 24.3 Å². The molecule has 0 N–H and O–H groups in total. The molecule has 0 unspecified atom stereocenters. The van der Waals surface area contributed by atoms with Gasteiger partial charge in [0.25, 0.3) is 0 Å². The van der Waals surface area contributed by atoms with Crippen molar-refractivity contribution in [3.05, 3.63) is 64.9 Å². The summed E-state index contributed by atoms with van der Waals surface area (Å²) in [5.74, 6) is 4.65. The van der Waals surface area contributed by atoms with Gasteiger partial charge in [0.15, 0.2) is 0 Å². The monoisotopic (exact) mass is 434 g/mol. The van der Waals surface area contributed by atoms with Crippen molar-refractivity contribution in [2.24, 2.45) is 5.11 Å². The highest BCUT2D eigenvalue weighted by Crippen LogP contribution is 2.48. The van der Waals surface area contributed by atoms with E-state index in [1.54, 1.807) is 0 Å². The zero-order chi connectivity index (χ0) is 18.5. The predicted octanol–water partition coefficient (Wildman–Crippen LogP) is 7.35. The number of rotatable bonds is 4. The van der Waals surface area contributed by atoms with E-state index in [4.69, 9.17) is 0 Å². The normalized spacial score (nSPS) is 19.9. The van der Waals surface area contributed by atoms with Crippen LogP contribution < -0.4 is 0 Å². The molecule has 0 amide bonds. The molecule has 3 nitrogen and oxygen atoms in total. The van der Waals surface area contributed by atoms with E-state index in [2.05, 4.69) is 17.2 Å². The van der Waals surface area contributed by atoms with Gasteiger partial charge in [-0.3, -0.25) is 0 Å². The van der Waals surface area contributed by atoms with Gasteiger partial charge in [-0.2, -0.15) is 0 Å². The Bertz CT molecular complexity index is 802. The number of nitrogens with zero attached hydrogens (tertiary/aromatic N) is 2. The highest BCUT2D eigenvalue weighted by Gasteiger charge is 2.25. The molecule has 2 heterocycles. The highest BCUT2D eigenvalue weighted by molar-refractivity contribution is 8.17. The number of benzene rings is 2. The lowest BCUT2D eigenvalue weighted by Gasteiger charge is -2.22. The second kappa shape index (κ2) is 9.63. The van der Waals surface area contributed by atoms with Gasteiger partial charge in [-0.1, -0.05) is 36.4 Å². The molecule has 0 aliphatic carbocycles. The first-order valence-electron chi connectivity index (χ1n) is 9.16. The molecular formula is C20H22N2OS4. The van der Waals surface area contributed by atoms with Crippen molar-refractivity contribution < 1.29 is 4.86 Å². The Kier molecular flexibility index (Phi) is 6.97. The third-order valence-corrected chi connectivity index (χ3v) is 10.4. The summed E-state index contributed by atoms with van der Waals surface area (Å²) >= 11 is 7.77. The van der Waals surface area contributed by atoms with Crippen molar-refractivity contribution in [2.75, 3.05) is 23.0 Å². The summed E-state index contributed by atoms with van der Waals surface area (Å²) < 4.78 is 0.688. The van der Waals surface area contributed by atoms with Crippen molar-refractivity contribution in [1.29, 1.82) is 0 Å². The molecule has 2 aromatic carbocycles. The minimum Gasteiger partial charge on any atom is -0.594 e. The van der Waals surface area contributed by atoms with Crippen molar-refractivity contribution >= 4 is 58.4 Å². The SMILES string of the molecule is [O-][N+](=Nc1ccccc1C1SCCCS1)c1ccccc1C1SCCCS1. The number of para-hydroxylation sites is 1. The van der Waals surface area contributed by atoms with E-state index in [0.29, 0.717) is 14.9 Å². The molecule has 0 atom stereocenters. The predicted molar refractivity (Wildman–Crippen MR) is 123 cm³/mol. The quantitative estimate of drug-likeness (QED) is 0.286. The lowest BCUT2D eigenvalue weighted by molar-refractivity contribution is -0.436. The first-order chi connectivity index (χ1) is 13.3. The van der Waals surface area contributed by atoms with E-state index < -0.39 is 0 Å². The smallest absolute Gasteiger partial charge is 0.250 e. The van der Waals surface area contributed by atoms with Crippen LogP contribution in [-0.2, 0) is 0 Å². The van der Waals surface area contributed by atoms with Crippen molar-refractivity contribution in [1.82, 2.24) is 0 Å². The maximum absolute atomic E-state index is 13.0.